The van der Waals surface area contributed by atoms with Crippen LogP contribution >= 0.6 is 0 Å². The Bertz CT molecular complexity index is 16.5. The zero-order chi connectivity index (χ0) is 3.54. The lowest BCUT2D eigenvalue weighted by Gasteiger charge is -1.78. The fourth-order valence-electron chi connectivity index (χ4n) is 0.255. The van der Waals surface area contributed by atoms with Crippen molar-refractivity contribution in [2.75, 3.05) is 6.67 Å². The predicted molar refractivity (Wildman–Crippen MR) is 18.6 cm³/mol. The minimum atomic E-state index is 0.833. The summed E-state index contributed by atoms with van der Waals surface area (Å²) in [6.45, 7) is 2.58. The molecule has 0 amide bonds. The highest BCUT2D eigenvalue weighted by atomic mass is 15.5. The van der Waals surface area contributed by atoms with Crippen molar-refractivity contribution < 1.29 is 0 Å². The van der Waals surface area contributed by atoms with Crippen molar-refractivity contribution >= 4 is 0 Å². The van der Waals surface area contributed by atoms with Gasteiger partial charge >= 0.3 is 0 Å². The first kappa shape index (κ1) is 3.08. The Morgan fingerprint density at radius 2 is 2.60 bits per heavy atom. The average molecular weight is 72.1 g/mol. The second kappa shape index (κ2) is 1.35. The summed E-state index contributed by atoms with van der Waals surface area (Å²) >= 11 is 0. The number of hydrogen-bond donors (Lipinski definition) is 3. The standard InChI is InChI=1S/C2H6N3/c1-3-2-5-4-1/h1,3-5H,2H2. The molecular weight excluding hydrogens is 66.0 g/mol. The molecule has 0 atom stereocenters. The van der Waals surface area contributed by atoms with E-state index in [-0.39, 0.29) is 0 Å². The van der Waals surface area contributed by atoms with Gasteiger partial charge in [0.05, 0.1) is 6.67 Å². The molecule has 5 heavy (non-hydrogen) atoms. The maximum Gasteiger partial charge on any atom is 0.102 e. The topological polar surface area (TPSA) is 36.1 Å². The van der Waals surface area contributed by atoms with E-state index in [0.717, 1.165) is 6.67 Å². The highest BCUT2D eigenvalue weighted by Crippen LogP contribution is 1.59. The monoisotopic (exact) mass is 72.1 g/mol. The molecule has 3 heteroatoms. The lowest BCUT2D eigenvalue weighted by Crippen LogP contribution is -2.19. The molecule has 0 aromatic rings. The molecule has 0 unspecified atom stereocenters. The molecule has 3 nitrogen and oxygen atoms in total. The summed E-state index contributed by atoms with van der Waals surface area (Å²) < 4.78 is 0. The molecule has 0 saturated carbocycles. The summed E-state index contributed by atoms with van der Waals surface area (Å²) in [5.41, 5.74) is 5.54. The summed E-state index contributed by atoms with van der Waals surface area (Å²) in [5, 5.41) is 2.88. The first-order chi connectivity index (χ1) is 2.50. The van der Waals surface area contributed by atoms with Crippen molar-refractivity contribution in [3.05, 3.63) is 6.67 Å². The molecule has 3 N–H and O–H groups in total. The largest absolute Gasteiger partial charge is 0.285 e. The smallest absolute Gasteiger partial charge is 0.102 e. The van der Waals surface area contributed by atoms with Gasteiger partial charge in [-0.15, -0.1) is 0 Å². The van der Waals surface area contributed by atoms with Gasteiger partial charge in [0.15, 0.2) is 0 Å². The normalized spacial score (nSPS) is 24.0. The molecule has 0 aliphatic carbocycles. The molecule has 1 radical (unpaired) electrons. The summed E-state index contributed by atoms with van der Waals surface area (Å²) in [7, 11) is 0. The van der Waals surface area contributed by atoms with Gasteiger partial charge in [-0.05, 0) is 0 Å². The van der Waals surface area contributed by atoms with E-state index in [2.05, 4.69) is 16.2 Å². The van der Waals surface area contributed by atoms with Crippen LogP contribution in [0, 0.1) is 6.67 Å². The lowest BCUT2D eigenvalue weighted by atomic mass is 11.1. The maximum atomic E-state index is 2.88. The van der Waals surface area contributed by atoms with Gasteiger partial charge in [-0.25, -0.2) is 10.9 Å². The van der Waals surface area contributed by atoms with Crippen LogP contribution in [0.3, 0.4) is 0 Å². The van der Waals surface area contributed by atoms with Crippen LogP contribution in [-0.2, 0) is 0 Å². The Hall–Kier alpha value is -0.120. The lowest BCUT2D eigenvalue weighted by molar-refractivity contribution is 0.712. The summed E-state index contributed by atoms with van der Waals surface area (Å²) in [5.74, 6) is 0. The Morgan fingerprint density at radius 3 is 2.80 bits per heavy atom. The van der Waals surface area contributed by atoms with Crippen LogP contribution in [0.5, 0.6) is 0 Å². The Labute approximate surface area is 30.7 Å². The zero-order valence-corrected chi connectivity index (χ0v) is 2.78. The van der Waals surface area contributed by atoms with E-state index in [1.165, 1.54) is 0 Å². The van der Waals surface area contributed by atoms with Crippen LogP contribution in [0.1, 0.15) is 0 Å². The van der Waals surface area contributed by atoms with Crippen LogP contribution in [0.15, 0.2) is 0 Å². The number of rotatable bonds is 0. The summed E-state index contributed by atoms with van der Waals surface area (Å²) in [6.07, 6.45) is 0. The average Bonchev–Trinajstić information content (AvgIpc) is 1.76. The van der Waals surface area contributed by atoms with Crippen molar-refractivity contribution in [3.8, 4) is 0 Å². The second-order valence-electron chi connectivity index (χ2n) is 0.846. The third-order valence-electron chi connectivity index (χ3n) is 0.467. The van der Waals surface area contributed by atoms with Gasteiger partial charge in [0, 0.05) is 0 Å². The third-order valence-corrected chi connectivity index (χ3v) is 0.467. The molecule has 0 aromatic heterocycles. The fourth-order valence-corrected chi connectivity index (χ4v) is 0.255. The van der Waals surface area contributed by atoms with E-state index in [1.807, 2.05) is 0 Å². The molecule has 1 aliphatic heterocycles. The predicted octanol–water partition coefficient (Wildman–Crippen LogP) is -1.24. The first-order valence-corrected chi connectivity index (χ1v) is 1.53. The zero-order valence-electron chi connectivity index (χ0n) is 2.78. The molecular formula is C2H6N3. The van der Waals surface area contributed by atoms with Gasteiger partial charge < -0.3 is 0 Å². The molecule has 29 valence electrons. The number of nitrogens with one attached hydrogen (secondary N) is 3. The van der Waals surface area contributed by atoms with Crippen molar-refractivity contribution in [2.45, 2.75) is 0 Å². The molecule has 1 heterocycles. The quantitative estimate of drug-likeness (QED) is 0.335. The fraction of sp³-hybridized carbons (Fsp3) is 0.500. The van der Waals surface area contributed by atoms with Gasteiger partial charge in [0.1, 0.15) is 6.67 Å². The van der Waals surface area contributed by atoms with Crippen LogP contribution in [0.2, 0.25) is 0 Å². The van der Waals surface area contributed by atoms with Gasteiger partial charge in [0.2, 0.25) is 0 Å². The Kier molecular flexibility index (Phi) is 0.834. The van der Waals surface area contributed by atoms with Crippen LogP contribution in [-0.4, -0.2) is 6.67 Å². The van der Waals surface area contributed by atoms with Crippen molar-refractivity contribution in [3.63, 3.8) is 0 Å². The molecule has 0 aromatic carbocycles. The van der Waals surface area contributed by atoms with Crippen LogP contribution in [0.25, 0.3) is 0 Å². The van der Waals surface area contributed by atoms with Gasteiger partial charge in [-0.2, -0.15) is 0 Å². The molecule has 0 spiro atoms. The minimum Gasteiger partial charge on any atom is -0.285 e. The molecule has 1 aliphatic rings. The SMILES string of the molecule is [CH]1NCNN1. The van der Waals surface area contributed by atoms with E-state index in [1.54, 1.807) is 6.67 Å². The number of hydrogen-bond acceptors (Lipinski definition) is 3. The minimum absolute atomic E-state index is 0.833. The van der Waals surface area contributed by atoms with Crippen LogP contribution in [0.4, 0.5) is 0 Å². The van der Waals surface area contributed by atoms with E-state index in [0.29, 0.717) is 0 Å². The van der Waals surface area contributed by atoms with E-state index in [4.69, 9.17) is 0 Å². The Balaban J connectivity index is 2.08. The Morgan fingerprint density at radius 1 is 1.60 bits per heavy atom. The van der Waals surface area contributed by atoms with Crippen molar-refractivity contribution in [1.82, 2.24) is 16.2 Å². The summed E-state index contributed by atoms with van der Waals surface area (Å²) in [4.78, 5) is 0. The van der Waals surface area contributed by atoms with E-state index < -0.39 is 0 Å². The van der Waals surface area contributed by atoms with Gasteiger partial charge in [-0.1, -0.05) is 0 Å². The third kappa shape index (κ3) is 0.576. The molecule has 1 rings (SSSR count). The molecule has 0 bridgehead atoms. The number of hydrazine groups is 1. The van der Waals surface area contributed by atoms with Gasteiger partial charge in [0.25, 0.3) is 0 Å². The maximum absolute atomic E-state index is 2.88. The van der Waals surface area contributed by atoms with Gasteiger partial charge in [-0.3, -0.25) is 5.32 Å². The molecule has 1 saturated heterocycles. The van der Waals surface area contributed by atoms with E-state index in [9.17, 15) is 0 Å². The van der Waals surface area contributed by atoms with Crippen molar-refractivity contribution in [2.24, 2.45) is 0 Å². The highest BCUT2D eigenvalue weighted by molar-refractivity contribution is 4.59. The van der Waals surface area contributed by atoms with Crippen LogP contribution < -0.4 is 16.2 Å². The summed E-state index contributed by atoms with van der Waals surface area (Å²) in [6, 6.07) is 0. The first-order valence-electron chi connectivity index (χ1n) is 1.53. The highest BCUT2D eigenvalue weighted by Gasteiger charge is 1.89. The molecule has 1 fully saturated rings. The second-order valence-corrected chi connectivity index (χ2v) is 0.846. The van der Waals surface area contributed by atoms with Crippen molar-refractivity contribution in [1.29, 1.82) is 0 Å². The van der Waals surface area contributed by atoms with E-state index >= 15 is 0 Å².